The number of amides is 2. The van der Waals surface area contributed by atoms with Gasteiger partial charge in [-0.05, 0) is 31.6 Å². The Hall–Kier alpha value is -1.32. The van der Waals surface area contributed by atoms with Gasteiger partial charge >= 0.3 is 0 Å². The highest BCUT2D eigenvalue weighted by molar-refractivity contribution is 5.94. The first kappa shape index (κ1) is 12.1. The fourth-order valence-electron chi connectivity index (χ4n) is 2.54. The van der Waals surface area contributed by atoms with E-state index in [1.165, 1.54) is 0 Å². The van der Waals surface area contributed by atoms with Gasteiger partial charge in [-0.2, -0.15) is 0 Å². The zero-order valence-electron chi connectivity index (χ0n) is 10.3. The Morgan fingerprint density at radius 2 is 2.24 bits per heavy atom. The standard InChI is InChI=1S/C13H20N2O2/c1-2-11-13(17)15(9-12(16)14-11)8-10-6-4-3-5-7-10/h3-4,10-11H,2,5-9H2,1H3,(H,14,16). The summed E-state index contributed by atoms with van der Waals surface area (Å²) < 4.78 is 0. The van der Waals surface area contributed by atoms with Crippen LogP contribution >= 0.6 is 0 Å². The van der Waals surface area contributed by atoms with E-state index in [0.29, 0.717) is 12.3 Å². The van der Waals surface area contributed by atoms with Crippen LogP contribution in [0.15, 0.2) is 12.2 Å². The van der Waals surface area contributed by atoms with Gasteiger partial charge in [0, 0.05) is 6.54 Å². The molecule has 0 aromatic rings. The Balaban J connectivity index is 1.96. The first-order valence-corrected chi connectivity index (χ1v) is 6.44. The van der Waals surface area contributed by atoms with E-state index in [0.717, 1.165) is 25.8 Å². The Bertz CT molecular complexity index is 338. The van der Waals surface area contributed by atoms with E-state index in [9.17, 15) is 9.59 Å². The van der Waals surface area contributed by atoms with E-state index in [-0.39, 0.29) is 24.4 Å². The van der Waals surface area contributed by atoms with Gasteiger partial charge in [0.25, 0.3) is 0 Å². The predicted octanol–water partition coefficient (Wildman–Crippen LogP) is 1.08. The minimum Gasteiger partial charge on any atom is -0.343 e. The highest BCUT2D eigenvalue weighted by atomic mass is 16.2. The average molecular weight is 236 g/mol. The number of nitrogens with one attached hydrogen (secondary N) is 1. The van der Waals surface area contributed by atoms with Crippen molar-refractivity contribution in [2.24, 2.45) is 5.92 Å². The first-order chi connectivity index (χ1) is 8.20. The zero-order chi connectivity index (χ0) is 12.3. The topological polar surface area (TPSA) is 49.4 Å². The SMILES string of the molecule is CCC1NC(=O)CN(CC2CC=CCC2)C1=O. The molecule has 2 unspecified atom stereocenters. The molecule has 4 nitrogen and oxygen atoms in total. The molecule has 17 heavy (non-hydrogen) atoms. The van der Waals surface area contributed by atoms with Crippen LogP contribution in [-0.4, -0.2) is 35.8 Å². The van der Waals surface area contributed by atoms with Crippen LogP contribution in [0.2, 0.25) is 0 Å². The van der Waals surface area contributed by atoms with Gasteiger partial charge in [-0.25, -0.2) is 0 Å². The molecule has 1 N–H and O–H groups in total. The Morgan fingerprint density at radius 3 is 2.88 bits per heavy atom. The largest absolute Gasteiger partial charge is 0.343 e. The van der Waals surface area contributed by atoms with E-state index in [2.05, 4.69) is 17.5 Å². The van der Waals surface area contributed by atoms with Gasteiger partial charge in [0.15, 0.2) is 0 Å². The lowest BCUT2D eigenvalue weighted by Gasteiger charge is -2.34. The van der Waals surface area contributed by atoms with Gasteiger partial charge in [-0.1, -0.05) is 19.1 Å². The lowest BCUT2D eigenvalue weighted by atomic mass is 9.93. The molecule has 1 saturated heterocycles. The highest BCUT2D eigenvalue weighted by Gasteiger charge is 2.32. The fourth-order valence-corrected chi connectivity index (χ4v) is 2.54. The van der Waals surface area contributed by atoms with E-state index in [1.54, 1.807) is 4.90 Å². The number of allylic oxidation sites excluding steroid dienone is 2. The van der Waals surface area contributed by atoms with Crippen molar-refractivity contribution in [3.05, 3.63) is 12.2 Å². The van der Waals surface area contributed by atoms with Crippen LogP contribution in [0.4, 0.5) is 0 Å². The molecule has 0 saturated carbocycles. The van der Waals surface area contributed by atoms with Crippen LogP contribution in [0.25, 0.3) is 0 Å². The number of nitrogens with zero attached hydrogens (tertiary/aromatic N) is 1. The minimum atomic E-state index is -0.310. The summed E-state index contributed by atoms with van der Waals surface area (Å²) in [6, 6.07) is -0.310. The number of hydrogen-bond acceptors (Lipinski definition) is 2. The molecule has 0 aromatic carbocycles. The van der Waals surface area contributed by atoms with Crippen molar-refractivity contribution < 1.29 is 9.59 Å². The summed E-state index contributed by atoms with van der Waals surface area (Å²) in [6.45, 7) is 2.89. The molecule has 1 aliphatic carbocycles. The summed E-state index contributed by atoms with van der Waals surface area (Å²) in [6.07, 6.45) is 8.29. The van der Waals surface area contributed by atoms with Crippen molar-refractivity contribution in [3.8, 4) is 0 Å². The molecule has 2 rings (SSSR count). The molecule has 1 fully saturated rings. The van der Waals surface area contributed by atoms with Crippen LogP contribution in [-0.2, 0) is 9.59 Å². The van der Waals surface area contributed by atoms with E-state index in [1.807, 2.05) is 6.92 Å². The van der Waals surface area contributed by atoms with Gasteiger partial charge in [-0.15, -0.1) is 0 Å². The summed E-state index contributed by atoms with van der Waals surface area (Å²) >= 11 is 0. The molecule has 4 heteroatoms. The molecule has 2 atom stereocenters. The van der Waals surface area contributed by atoms with E-state index >= 15 is 0 Å². The van der Waals surface area contributed by atoms with E-state index in [4.69, 9.17) is 0 Å². The molecular formula is C13H20N2O2. The number of carbonyl (C=O) groups excluding carboxylic acids is 2. The number of rotatable bonds is 3. The van der Waals surface area contributed by atoms with Crippen LogP contribution in [0.3, 0.4) is 0 Å². The molecule has 1 heterocycles. The van der Waals surface area contributed by atoms with Gasteiger partial charge in [0.2, 0.25) is 11.8 Å². The Kier molecular flexibility index (Phi) is 3.82. The van der Waals surface area contributed by atoms with Gasteiger partial charge in [-0.3, -0.25) is 9.59 Å². The van der Waals surface area contributed by atoms with Crippen molar-refractivity contribution in [3.63, 3.8) is 0 Å². The summed E-state index contributed by atoms with van der Waals surface area (Å²) in [5, 5.41) is 2.74. The predicted molar refractivity (Wildman–Crippen MR) is 65.3 cm³/mol. The molecule has 1 aliphatic heterocycles. The summed E-state index contributed by atoms with van der Waals surface area (Å²) in [5.74, 6) is 0.580. The second-order valence-electron chi connectivity index (χ2n) is 4.90. The minimum absolute atomic E-state index is 0.0252. The average Bonchev–Trinajstić information content (AvgIpc) is 2.34. The van der Waals surface area contributed by atoms with Gasteiger partial charge < -0.3 is 10.2 Å². The number of piperazine rings is 1. The van der Waals surface area contributed by atoms with Crippen molar-refractivity contribution in [1.29, 1.82) is 0 Å². The maximum Gasteiger partial charge on any atom is 0.245 e. The quantitative estimate of drug-likeness (QED) is 0.745. The van der Waals surface area contributed by atoms with Crippen molar-refractivity contribution in [2.45, 2.75) is 38.6 Å². The van der Waals surface area contributed by atoms with Crippen molar-refractivity contribution >= 4 is 11.8 Å². The molecule has 0 bridgehead atoms. The molecular weight excluding hydrogens is 216 g/mol. The number of hydrogen-bond donors (Lipinski definition) is 1. The maximum absolute atomic E-state index is 12.1. The summed E-state index contributed by atoms with van der Waals surface area (Å²) in [4.78, 5) is 25.3. The lowest BCUT2D eigenvalue weighted by molar-refractivity contribution is -0.145. The van der Waals surface area contributed by atoms with Crippen LogP contribution in [0.1, 0.15) is 32.6 Å². The van der Waals surface area contributed by atoms with Gasteiger partial charge in [0.05, 0.1) is 6.54 Å². The van der Waals surface area contributed by atoms with Crippen LogP contribution in [0.5, 0.6) is 0 Å². The number of carbonyl (C=O) groups is 2. The molecule has 2 aliphatic rings. The van der Waals surface area contributed by atoms with Crippen molar-refractivity contribution in [2.75, 3.05) is 13.1 Å². The first-order valence-electron chi connectivity index (χ1n) is 6.44. The second kappa shape index (κ2) is 5.34. The second-order valence-corrected chi connectivity index (χ2v) is 4.90. The maximum atomic E-state index is 12.1. The zero-order valence-corrected chi connectivity index (χ0v) is 10.3. The van der Waals surface area contributed by atoms with Crippen LogP contribution < -0.4 is 5.32 Å². The third-order valence-electron chi connectivity index (χ3n) is 3.54. The fraction of sp³-hybridized carbons (Fsp3) is 0.692. The molecule has 2 amide bonds. The molecule has 94 valence electrons. The van der Waals surface area contributed by atoms with Crippen LogP contribution in [0, 0.1) is 5.92 Å². The van der Waals surface area contributed by atoms with E-state index < -0.39 is 0 Å². The smallest absolute Gasteiger partial charge is 0.245 e. The molecule has 0 aromatic heterocycles. The lowest BCUT2D eigenvalue weighted by Crippen LogP contribution is -2.58. The highest BCUT2D eigenvalue weighted by Crippen LogP contribution is 2.20. The van der Waals surface area contributed by atoms with Crippen molar-refractivity contribution in [1.82, 2.24) is 10.2 Å². The normalized spacial score (nSPS) is 29.4. The summed E-state index contributed by atoms with van der Waals surface area (Å²) in [7, 11) is 0. The van der Waals surface area contributed by atoms with Gasteiger partial charge in [0.1, 0.15) is 6.04 Å². The summed E-state index contributed by atoms with van der Waals surface area (Å²) in [5.41, 5.74) is 0. The third-order valence-corrected chi connectivity index (χ3v) is 3.54. The monoisotopic (exact) mass is 236 g/mol. The molecule has 0 radical (unpaired) electrons. The Labute approximate surface area is 102 Å². The Morgan fingerprint density at radius 1 is 1.41 bits per heavy atom. The molecule has 0 spiro atoms. The third kappa shape index (κ3) is 2.87.